The predicted molar refractivity (Wildman–Crippen MR) is 62.3 cm³/mol. The summed E-state index contributed by atoms with van der Waals surface area (Å²) in [6.07, 6.45) is 0. The molecule has 1 saturated heterocycles. The molecule has 0 saturated carbocycles. The van der Waals surface area contributed by atoms with Gasteiger partial charge in [0.2, 0.25) is 5.88 Å². The van der Waals surface area contributed by atoms with Crippen LogP contribution < -0.4 is 5.48 Å². The van der Waals surface area contributed by atoms with Crippen molar-refractivity contribution in [3.05, 3.63) is 40.7 Å². The van der Waals surface area contributed by atoms with E-state index in [0.29, 0.717) is 24.1 Å². The quantitative estimate of drug-likeness (QED) is 0.862. The Labute approximate surface area is 101 Å². The highest BCUT2D eigenvalue weighted by Crippen LogP contribution is 2.30. The molecule has 1 aliphatic rings. The molecule has 1 heterocycles. The molecule has 5 heteroatoms. The molecule has 1 N–H and O–H groups in total. The Morgan fingerprint density at radius 3 is 2.80 bits per heavy atom. The van der Waals surface area contributed by atoms with E-state index in [2.05, 4.69) is 21.4 Å². The molecular weight excluding hydrogens is 281 g/mol. The Hall–Kier alpha value is -0.710. The molecule has 2 rings (SSSR count). The smallest absolute Gasteiger partial charge is 0.226 e. The van der Waals surface area contributed by atoms with Crippen molar-refractivity contribution in [1.82, 2.24) is 5.48 Å². The first-order valence-electron chi connectivity index (χ1n) is 4.44. The van der Waals surface area contributed by atoms with Gasteiger partial charge in [0.1, 0.15) is 13.2 Å². The Balaban J connectivity index is 2.33. The standard InChI is InChI=1S/C10H9BrClNO2/c11-9(10-13-15-6-5-14-10)7-3-1-2-4-8(7)12/h1-4,13H,5-6H2. The molecule has 0 bridgehead atoms. The summed E-state index contributed by atoms with van der Waals surface area (Å²) in [5.41, 5.74) is 3.56. The van der Waals surface area contributed by atoms with Gasteiger partial charge in [-0.3, -0.25) is 4.84 Å². The first kappa shape index (κ1) is 10.8. The van der Waals surface area contributed by atoms with Gasteiger partial charge in [0.25, 0.3) is 0 Å². The second kappa shape index (κ2) is 4.88. The molecule has 0 atom stereocenters. The third kappa shape index (κ3) is 2.45. The van der Waals surface area contributed by atoms with Gasteiger partial charge in [0.05, 0.1) is 4.48 Å². The van der Waals surface area contributed by atoms with E-state index in [0.717, 1.165) is 10.0 Å². The van der Waals surface area contributed by atoms with Gasteiger partial charge in [-0.15, -0.1) is 0 Å². The Morgan fingerprint density at radius 1 is 1.33 bits per heavy atom. The van der Waals surface area contributed by atoms with Gasteiger partial charge in [0, 0.05) is 10.6 Å². The Bertz CT molecular complexity index is 387. The van der Waals surface area contributed by atoms with Crippen molar-refractivity contribution in [3.63, 3.8) is 0 Å². The van der Waals surface area contributed by atoms with Crippen LogP contribution in [0.4, 0.5) is 0 Å². The van der Waals surface area contributed by atoms with E-state index in [1.807, 2.05) is 24.3 Å². The van der Waals surface area contributed by atoms with E-state index in [4.69, 9.17) is 21.2 Å². The summed E-state index contributed by atoms with van der Waals surface area (Å²) >= 11 is 9.48. The molecule has 1 aromatic carbocycles. The van der Waals surface area contributed by atoms with Crippen LogP contribution in [0.15, 0.2) is 30.1 Å². The zero-order valence-corrected chi connectivity index (χ0v) is 10.1. The third-order valence-corrected chi connectivity index (χ3v) is 3.02. The average Bonchev–Trinajstić information content (AvgIpc) is 2.30. The van der Waals surface area contributed by atoms with Gasteiger partial charge in [0.15, 0.2) is 0 Å². The van der Waals surface area contributed by atoms with Crippen LogP contribution in [0.3, 0.4) is 0 Å². The zero-order chi connectivity index (χ0) is 10.7. The minimum Gasteiger partial charge on any atom is -0.474 e. The fraction of sp³-hybridized carbons (Fsp3) is 0.200. The molecule has 1 fully saturated rings. The van der Waals surface area contributed by atoms with Crippen LogP contribution in [0.1, 0.15) is 5.56 Å². The second-order valence-electron chi connectivity index (χ2n) is 2.92. The molecule has 3 nitrogen and oxygen atoms in total. The molecule has 1 aliphatic heterocycles. The predicted octanol–water partition coefficient (Wildman–Crippen LogP) is 2.91. The van der Waals surface area contributed by atoms with Crippen LogP contribution in [0, 0.1) is 0 Å². The van der Waals surface area contributed by atoms with Crippen molar-refractivity contribution in [3.8, 4) is 0 Å². The highest BCUT2D eigenvalue weighted by atomic mass is 79.9. The number of halogens is 2. The third-order valence-electron chi connectivity index (χ3n) is 1.91. The highest BCUT2D eigenvalue weighted by Gasteiger charge is 2.14. The zero-order valence-electron chi connectivity index (χ0n) is 7.80. The number of hydrogen-bond acceptors (Lipinski definition) is 3. The number of ether oxygens (including phenoxy) is 1. The van der Waals surface area contributed by atoms with Crippen LogP contribution in [-0.4, -0.2) is 13.2 Å². The van der Waals surface area contributed by atoms with Crippen LogP contribution >= 0.6 is 27.5 Å². The van der Waals surface area contributed by atoms with Crippen molar-refractivity contribution in [2.24, 2.45) is 0 Å². The molecule has 0 spiro atoms. The van der Waals surface area contributed by atoms with Gasteiger partial charge >= 0.3 is 0 Å². The molecule has 80 valence electrons. The van der Waals surface area contributed by atoms with Crippen LogP contribution in [-0.2, 0) is 9.57 Å². The van der Waals surface area contributed by atoms with Gasteiger partial charge in [-0.05, 0) is 22.0 Å². The lowest BCUT2D eigenvalue weighted by Gasteiger charge is -2.19. The SMILES string of the molecule is Clc1ccccc1C(Br)=C1NOCCO1. The van der Waals surface area contributed by atoms with E-state index in [-0.39, 0.29) is 0 Å². The number of benzene rings is 1. The molecule has 0 radical (unpaired) electrons. The summed E-state index contributed by atoms with van der Waals surface area (Å²) in [6, 6.07) is 7.51. The minimum absolute atomic E-state index is 0.530. The van der Waals surface area contributed by atoms with E-state index in [1.54, 1.807) is 0 Å². The molecular formula is C10H9BrClNO2. The maximum atomic E-state index is 6.05. The number of hydroxylamine groups is 1. The molecule has 0 aromatic heterocycles. The van der Waals surface area contributed by atoms with Gasteiger partial charge in [-0.25, -0.2) is 5.48 Å². The normalized spacial score (nSPS) is 19.1. The maximum absolute atomic E-state index is 6.05. The van der Waals surface area contributed by atoms with Gasteiger partial charge in [-0.1, -0.05) is 29.8 Å². The molecule has 0 aliphatic carbocycles. The lowest BCUT2D eigenvalue weighted by Crippen LogP contribution is -2.26. The number of rotatable bonds is 1. The lowest BCUT2D eigenvalue weighted by molar-refractivity contribution is -0.0554. The van der Waals surface area contributed by atoms with Gasteiger partial charge in [-0.2, -0.15) is 0 Å². The maximum Gasteiger partial charge on any atom is 0.226 e. The van der Waals surface area contributed by atoms with Crippen molar-refractivity contribution >= 4 is 32.0 Å². The van der Waals surface area contributed by atoms with E-state index in [9.17, 15) is 0 Å². The Morgan fingerprint density at radius 2 is 2.13 bits per heavy atom. The summed E-state index contributed by atoms with van der Waals surface area (Å²) in [6.45, 7) is 1.06. The fourth-order valence-electron chi connectivity index (χ4n) is 1.20. The van der Waals surface area contributed by atoms with Crippen molar-refractivity contribution in [1.29, 1.82) is 0 Å². The van der Waals surface area contributed by atoms with E-state index >= 15 is 0 Å². The molecule has 0 amide bonds. The second-order valence-corrected chi connectivity index (χ2v) is 4.12. The van der Waals surface area contributed by atoms with Crippen LogP contribution in [0.5, 0.6) is 0 Å². The topological polar surface area (TPSA) is 30.5 Å². The van der Waals surface area contributed by atoms with Crippen molar-refractivity contribution in [2.75, 3.05) is 13.2 Å². The average molecular weight is 291 g/mol. The summed E-state index contributed by atoms with van der Waals surface area (Å²) in [4.78, 5) is 5.06. The fourth-order valence-corrected chi connectivity index (χ4v) is 2.09. The summed E-state index contributed by atoms with van der Waals surface area (Å²) < 4.78 is 6.14. The first-order chi connectivity index (χ1) is 7.29. The van der Waals surface area contributed by atoms with E-state index in [1.165, 1.54) is 0 Å². The van der Waals surface area contributed by atoms with Crippen molar-refractivity contribution in [2.45, 2.75) is 0 Å². The minimum atomic E-state index is 0.530. The largest absolute Gasteiger partial charge is 0.474 e. The Kier molecular flexibility index (Phi) is 3.51. The van der Waals surface area contributed by atoms with E-state index < -0.39 is 0 Å². The van der Waals surface area contributed by atoms with Gasteiger partial charge < -0.3 is 4.74 Å². The molecule has 0 unspecified atom stereocenters. The number of hydrogen-bond donors (Lipinski definition) is 1. The first-order valence-corrected chi connectivity index (χ1v) is 5.61. The number of nitrogens with one attached hydrogen (secondary N) is 1. The summed E-state index contributed by atoms with van der Waals surface area (Å²) in [5, 5.41) is 0.660. The summed E-state index contributed by atoms with van der Waals surface area (Å²) in [7, 11) is 0. The molecule has 15 heavy (non-hydrogen) atoms. The van der Waals surface area contributed by atoms with Crippen LogP contribution in [0.25, 0.3) is 4.48 Å². The summed E-state index contributed by atoms with van der Waals surface area (Å²) in [5.74, 6) is 0.550. The highest BCUT2D eigenvalue weighted by molar-refractivity contribution is 9.15. The molecule has 1 aromatic rings. The van der Waals surface area contributed by atoms with Crippen LogP contribution in [0.2, 0.25) is 5.02 Å². The lowest BCUT2D eigenvalue weighted by atomic mass is 10.2. The van der Waals surface area contributed by atoms with Crippen molar-refractivity contribution < 1.29 is 9.57 Å². The monoisotopic (exact) mass is 289 g/mol.